The summed E-state index contributed by atoms with van der Waals surface area (Å²) in [7, 11) is 3.39. The first kappa shape index (κ1) is 15.7. The third-order valence-corrected chi connectivity index (χ3v) is 3.82. The van der Waals surface area contributed by atoms with Crippen LogP contribution in [0, 0.1) is 11.7 Å². The number of hydrogen-bond acceptors (Lipinski definition) is 4. The highest BCUT2D eigenvalue weighted by Crippen LogP contribution is 2.24. The number of amides is 1. The molecule has 0 spiro atoms. The minimum atomic E-state index is -0.335. The van der Waals surface area contributed by atoms with Gasteiger partial charge in [0.15, 0.2) is 11.6 Å². The predicted octanol–water partition coefficient (Wildman–Crippen LogP) is 1.54. The largest absolute Gasteiger partial charge is 0.383 e. The standard InChI is InChI=1S/C15H22FN3O2/c1-18(9-10-21-2)15(20)12-5-4-8-19(11-12)14-13(16)6-3-7-17-14/h3,6-7,12H,4-5,8-11H2,1-2H3/t12-/m1/s1. The van der Waals surface area contributed by atoms with Gasteiger partial charge in [0, 0.05) is 40.0 Å². The van der Waals surface area contributed by atoms with E-state index in [4.69, 9.17) is 4.74 Å². The Bertz CT molecular complexity index is 484. The van der Waals surface area contributed by atoms with Gasteiger partial charge in [-0.15, -0.1) is 0 Å². The maximum Gasteiger partial charge on any atom is 0.227 e. The highest BCUT2D eigenvalue weighted by Gasteiger charge is 2.29. The van der Waals surface area contributed by atoms with Crippen LogP contribution in [0.25, 0.3) is 0 Å². The normalized spacial score (nSPS) is 18.6. The van der Waals surface area contributed by atoms with E-state index in [0.29, 0.717) is 25.5 Å². The molecule has 1 saturated heterocycles. The second-order valence-electron chi connectivity index (χ2n) is 5.35. The number of anilines is 1. The zero-order chi connectivity index (χ0) is 15.2. The van der Waals surface area contributed by atoms with Gasteiger partial charge in [0.1, 0.15) is 0 Å². The molecule has 2 heterocycles. The fourth-order valence-corrected chi connectivity index (χ4v) is 2.63. The summed E-state index contributed by atoms with van der Waals surface area (Å²) in [5, 5.41) is 0. The minimum Gasteiger partial charge on any atom is -0.383 e. The van der Waals surface area contributed by atoms with Gasteiger partial charge in [-0.2, -0.15) is 0 Å². The molecule has 1 aliphatic rings. The van der Waals surface area contributed by atoms with Crippen molar-refractivity contribution in [3.05, 3.63) is 24.1 Å². The number of piperidine rings is 1. The molecule has 0 bridgehead atoms. The van der Waals surface area contributed by atoms with Crippen molar-refractivity contribution >= 4 is 11.7 Å². The van der Waals surface area contributed by atoms with Crippen LogP contribution in [0.15, 0.2) is 18.3 Å². The summed E-state index contributed by atoms with van der Waals surface area (Å²) in [4.78, 5) is 20.0. The fraction of sp³-hybridized carbons (Fsp3) is 0.600. The van der Waals surface area contributed by atoms with Crippen LogP contribution in [-0.4, -0.2) is 56.2 Å². The lowest BCUT2D eigenvalue weighted by Gasteiger charge is -2.34. The van der Waals surface area contributed by atoms with Gasteiger partial charge in [-0.25, -0.2) is 9.37 Å². The number of ether oxygens (including phenoxy) is 1. The van der Waals surface area contributed by atoms with Crippen LogP contribution < -0.4 is 4.90 Å². The predicted molar refractivity (Wildman–Crippen MR) is 78.6 cm³/mol. The van der Waals surface area contributed by atoms with Crippen LogP contribution >= 0.6 is 0 Å². The van der Waals surface area contributed by atoms with E-state index in [2.05, 4.69) is 4.98 Å². The number of carbonyl (C=O) groups is 1. The van der Waals surface area contributed by atoms with Gasteiger partial charge in [-0.05, 0) is 25.0 Å². The Labute approximate surface area is 124 Å². The lowest BCUT2D eigenvalue weighted by Crippen LogP contribution is -2.45. The molecule has 1 aliphatic heterocycles. The highest BCUT2D eigenvalue weighted by molar-refractivity contribution is 5.79. The van der Waals surface area contributed by atoms with Crippen LogP contribution in [0.2, 0.25) is 0 Å². The van der Waals surface area contributed by atoms with Crippen molar-refractivity contribution in [2.24, 2.45) is 5.92 Å². The molecular formula is C15H22FN3O2. The lowest BCUT2D eigenvalue weighted by molar-refractivity contribution is -0.135. The van der Waals surface area contributed by atoms with Crippen molar-refractivity contribution in [2.75, 3.05) is 45.3 Å². The zero-order valence-electron chi connectivity index (χ0n) is 12.6. The highest BCUT2D eigenvalue weighted by atomic mass is 19.1. The average molecular weight is 295 g/mol. The molecule has 1 aromatic rings. The maximum absolute atomic E-state index is 13.8. The van der Waals surface area contributed by atoms with Crippen molar-refractivity contribution in [1.82, 2.24) is 9.88 Å². The molecule has 21 heavy (non-hydrogen) atoms. The van der Waals surface area contributed by atoms with E-state index in [9.17, 15) is 9.18 Å². The minimum absolute atomic E-state index is 0.0908. The molecule has 0 aromatic carbocycles. The average Bonchev–Trinajstić information content (AvgIpc) is 2.52. The van der Waals surface area contributed by atoms with E-state index < -0.39 is 0 Å². The lowest BCUT2D eigenvalue weighted by atomic mass is 9.96. The number of hydrogen-bond donors (Lipinski definition) is 0. The summed E-state index contributed by atoms with van der Waals surface area (Å²) < 4.78 is 18.8. The van der Waals surface area contributed by atoms with Crippen molar-refractivity contribution in [1.29, 1.82) is 0 Å². The molecule has 6 heteroatoms. The molecular weight excluding hydrogens is 273 g/mol. The first-order chi connectivity index (χ1) is 10.1. The Kier molecular flexibility index (Phi) is 5.50. The van der Waals surface area contributed by atoms with Crippen LogP contribution in [0.3, 0.4) is 0 Å². The van der Waals surface area contributed by atoms with Crippen LogP contribution in [0.5, 0.6) is 0 Å². The molecule has 0 aliphatic carbocycles. The van der Waals surface area contributed by atoms with Gasteiger partial charge in [-0.1, -0.05) is 0 Å². The Balaban J connectivity index is 2.00. The third kappa shape index (κ3) is 3.91. The SMILES string of the molecule is COCCN(C)C(=O)[C@@H]1CCCN(c2ncccc2F)C1. The summed E-state index contributed by atoms with van der Waals surface area (Å²) in [6.07, 6.45) is 3.28. The number of nitrogens with zero attached hydrogens (tertiary/aromatic N) is 3. The zero-order valence-corrected chi connectivity index (χ0v) is 12.6. The number of rotatable bonds is 5. The van der Waals surface area contributed by atoms with Crippen molar-refractivity contribution in [3.63, 3.8) is 0 Å². The first-order valence-electron chi connectivity index (χ1n) is 7.23. The van der Waals surface area contributed by atoms with Gasteiger partial charge in [0.2, 0.25) is 5.91 Å². The van der Waals surface area contributed by atoms with Crippen molar-refractivity contribution in [2.45, 2.75) is 12.8 Å². The molecule has 5 nitrogen and oxygen atoms in total. The monoisotopic (exact) mass is 295 g/mol. The number of likely N-dealkylation sites (N-methyl/N-ethyl adjacent to an activating group) is 1. The molecule has 0 radical (unpaired) electrons. The van der Waals surface area contributed by atoms with E-state index in [0.717, 1.165) is 19.4 Å². The molecule has 1 aromatic heterocycles. The van der Waals surface area contributed by atoms with Crippen molar-refractivity contribution < 1.29 is 13.9 Å². The van der Waals surface area contributed by atoms with Crippen LogP contribution in [0.4, 0.5) is 10.2 Å². The quantitative estimate of drug-likeness (QED) is 0.826. The Morgan fingerprint density at radius 1 is 1.62 bits per heavy atom. The van der Waals surface area contributed by atoms with Gasteiger partial charge in [-0.3, -0.25) is 4.79 Å². The molecule has 1 atom stereocenters. The van der Waals surface area contributed by atoms with Gasteiger partial charge in [0.25, 0.3) is 0 Å². The van der Waals surface area contributed by atoms with Crippen LogP contribution in [-0.2, 0) is 9.53 Å². The molecule has 0 unspecified atom stereocenters. The van der Waals surface area contributed by atoms with E-state index in [1.54, 1.807) is 31.3 Å². The summed E-state index contributed by atoms with van der Waals surface area (Å²) in [6.45, 7) is 2.35. The fourth-order valence-electron chi connectivity index (χ4n) is 2.63. The summed E-state index contributed by atoms with van der Waals surface area (Å²) in [5.74, 6) is -0.0111. The second kappa shape index (κ2) is 7.36. The molecule has 0 saturated carbocycles. The molecule has 2 rings (SSSR count). The number of methoxy groups -OCH3 is 1. The molecule has 0 N–H and O–H groups in total. The summed E-state index contributed by atoms with van der Waals surface area (Å²) >= 11 is 0. The van der Waals surface area contributed by atoms with E-state index in [-0.39, 0.29) is 17.6 Å². The molecule has 1 fully saturated rings. The number of pyridine rings is 1. The second-order valence-corrected chi connectivity index (χ2v) is 5.35. The van der Waals surface area contributed by atoms with Gasteiger partial charge >= 0.3 is 0 Å². The number of carbonyl (C=O) groups excluding carboxylic acids is 1. The maximum atomic E-state index is 13.8. The van der Waals surface area contributed by atoms with Gasteiger partial charge < -0.3 is 14.5 Å². The van der Waals surface area contributed by atoms with E-state index in [1.165, 1.54) is 6.07 Å². The third-order valence-electron chi connectivity index (χ3n) is 3.82. The molecule has 1 amide bonds. The van der Waals surface area contributed by atoms with E-state index >= 15 is 0 Å². The van der Waals surface area contributed by atoms with Crippen LogP contribution in [0.1, 0.15) is 12.8 Å². The summed E-state index contributed by atoms with van der Waals surface area (Å²) in [6, 6.07) is 2.97. The van der Waals surface area contributed by atoms with Crippen molar-refractivity contribution in [3.8, 4) is 0 Å². The summed E-state index contributed by atoms with van der Waals surface area (Å²) in [5.41, 5.74) is 0. The Morgan fingerprint density at radius 3 is 3.14 bits per heavy atom. The Hall–Kier alpha value is -1.69. The topological polar surface area (TPSA) is 45.7 Å². The number of halogens is 1. The van der Waals surface area contributed by atoms with Gasteiger partial charge in [0.05, 0.1) is 12.5 Å². The smallest absolute Gasteiger partial charge is 0.227 e. The number of aromatic nitrogens is 1. The Morgan fingerprint density at radius 2 is 2.43 bits per heavy atom. The first-order valence-corrected chi connectivity index (χ1v) is 7.23. The molecule has 116 valence electrons. The van der Waals surface area contributed by atoms with E-state index in [1.807, 2.05) is 4.90 Å².